The Balaban J connectivity index is 2.03. The summed E-state index contributed by atoms with van der Waals surface area (Å²) in [5, 5.41) is 9.61. The zero-order chi connectivity index (χ0) is 16.7. The van der Waals surface area contributed by atoms with Crippen molar-refractivity contribution in [2.45, 2.75) is 19.4 Å². The second-order valence-corrected chi connectivity index (χ2v) is 6.63. The van der Waals surface area contributed by atoms with Crippen LogP contribution in [0.2, 0.25) is 10.0 Å². The third-order valence-corrected chi connectivity index (χ3v) is 4.61. The lowest BCUT2D eigenvalue weighted by atomic mass is 9.98. The van der Waals surface area contributed by atoms with Crippen molar-refractivity contribution in [3.63, 3.8) is 0 Å². The molecule has 0 fully saturated rings. The number of nitrogens with zero attached hydrogens (tertiary/aromatic N) is 4. The average molecular weight is 357 g/mol. The van der Waals surface area contributed by atoms with Crippen LogP contribution in [0.15, 0.2) is 53.8 Å². The zero-order valence-electron chi connectivity index (χ0n) is 12.9. The van der Waals surface area contributed by atoms with Crippen molar-refractivity contribution in [2.75, 3.05) is 0 Å². The molecule has 4 rings (SSSR count). The highest BCUT2D eigenvalue weighted by molar-refractivity contribution is 6.36. The number of aromatic nitrogens is 3. The highest BCUT2D eigenvalue weighted by atomic mass is 35.5. The topological polar surface area (TPSA) is 43.1 Å². The molecule has 4 nitrogen and oxygen atoms in total. The van der Waals surface area contributed by atoms with E-state index < -0.39 is 0 Å². The smallest absolute Gasteiger partial charge is 0.139 e. The van der Waals surface area contributed by atoms with Gasteiger partial charge in [0.1, 0.15) is 12.2 Å². The van der Waals surface area contributed by atoms with Gasteiger partial charge in [0.2, 0.25) is 0 Å². The van der Waals surface area contributed by atoms with Gasteiger partial charge in [-0.15, -0.1) is 10.2 Å². The van der Waals surface area contributed by atoms with Crippen molar-refractivity contribution in [3.8, 4) is 5.69 Å². The Morgan fingerprint density at radius 3 is 2.75 bits per heavy atom. The fraction of sp³-hybridized carbons (Fsp3) is 0.167. The van der Waals surface area contributed by atoms with Crippen LogP contribution >= 0.6 is 23.2 Å². The lowest BCUT2D eigenvalue weighted by molar-refractivity contribution is 0.686. The Morgan fingerprint density at radius 1 is 1.08 bits per heavy atom. The summed E-state index contributed by atoms with van der Waals surface area (Å²) in [6.07, 6.45) is 2.43. The van der Waals surface area contributed by atoms with Crippen LogP contribution < -0.4 is 0 Å². The van der Waals surface area contributed by atoms with Crippen LogP contribution in [-0.2, 0) is 6.42 Å². The Bertz CT molecular complexity index is 946. The van der Waals surface area contributed by atoms with E-state index >= 15 is 0 Å². The summed E-state index contributed by atoms with van der Waals surface area (Å²) < 4.78 is 1.99. The van der Waals surface area contributed by atoms with Crippen LogP contribution in [0, 0.1) is 0 Å². The molecule has 0 radical (unpaired) electrons. The minimum Gasteiger partial charge on any atom is -0.285 e. The standard InChI is InChI=1S/C18H14Cl2N4/c1-11-8-17-23-21-10-24(17)16-7-6-12(19)9-14(16)18(22-11)13-4-2-3-5-15(13)20/h2-7,9-11H,8H2,1H3/b22-18-. The molecule has 1 unspecified atom stereocenters. The zero-order valence-corrected chi connectivity index (χ0v) is 14.5. The lowest BCUT2D eigenvalue weighted by Gasteiger charge is -2.20. The molecule has 0 bridgehead atoms. The lowest BCUT2D eigenvalue weighted by Crippen LogP contribution is -2.19. The highest BCUT2D eigenvalue weighted by Gasteiger charge is 2.22. The molecule has 24 heavy (non-hydrogen) atoms. The normalized spacial score (nSPS) is 18.8. The Morgan fingerprint density at radius 2 is 1.92 bits per heavy atom. The van der Waals surface area contributed by atoms with Gasteiger partial charge in [-0.2, -0.15) is 0 Å². The number of aliphatic imine (C=N–C) groups is 1. The van der Waals surface area contributed by atoms with Gasteiger partial charge in [0.25, 0.3) is 0 Å². The van der Waals surface area contributed by atoms with Crippen molar-refractivity contribution in [2.24, 2.45) is 4.99 Å². The van der Waals surface area contributed by atoms with E-state index in [1.54, 1.807) is 6.33 Å². The first-order valence-electron chi connectivity index (χ1n) is 7.65. The number of hydrogen-bond donors (Lipinski definition) is 0. The molecule has 120 valence electrons. The quantitative estimate of drug-likeness (QED) is 0.650. The molecule has 1 aromatic heterocycles. The number of benzene rings is 2. The average Bonchev–Trinajstić information content (AvgIpc) is 2.99. The van der Waals surface area contributed by atoms with Crippen LogP contribution in [0.5, 0.6) is 0 Å². The second-order valence-electron chi connectivity index (χ2n) is 5.79. The van der Waals surface area contributed by atoms with E-state index in [-0.39, 0.29) is 6.04 Å². The second kappa shape index (κ2) is 6.04. The first kappa shape index (κ1) is 15.4. The molecule has 1 aliphatic heterocycles. The van der Waals surface area contributed by atoms with Crippen LogP contribution in [0.25, 0.3) is 5.69 Å². The molecule has 0 amide bonds. The van der Waals surface area contributed by atoms with Gasteiger partial charge in [0.15, 0.2) is 0 Å². The van der Waals surface area contributed by atoms with Gasteiger partial charge in [-0.1, -0.05) is 41.4 Å². The van der Waals surface area contributed by atoms with Gasteiger partial charge < -0.3 is 0 Å². The third kappa shape index (κ3) is 2.62. The van der Waals surface area contributed by atoms with Gasteiger partial charge >= 0.3 is 0 Å². The third-order valence-electron chi connectivity index (χ3n) is 4.05. The van der Waals surface area contributed by atoms with Crippen LogP contribution in [-0.4, -0.2) is 26.5 Å². The summed E-state index contributed by atoms with van der Waals surface area (Å²) in [7, 11) is 0. The summed E-state index contributed by atoms with van der Waals surface area (Å²) in [6.45, 7) is 2.06. The molecule has 6 heteroatoms. The maximum absolute atomic E-state index is 6.44. The molecular formula is C18H14Cl2N4. The Labute approximate surface area is 149 Å². The van der Waals surface area contributed by atoms with Crippen LogP contribution in [0.4, 0.5) is 0 Å². The number of halogens is 2. The van der Waals surface area contributed by atoms with Gasteiger partial charge in [-0.25, -0.2) is 0 Å². The molecule has 0 N–H and O–H groups in total. The van der Waals surface area contributed by atoms with Gasteiger partial charge in [-0.3, -0.25) is 9.56 Å². The van der Waals surface area contributed by atoms with Crippen molar-refractivity contribution >= 4 is 28.9 Å². The molecule has 1 aliphatic rings. The van der Waals surface area contributed by atoms with E-state index in [1.165, 1.54) is 0 Å². The van der Waals surface area contributed by atoms with Crippen molar-refractivity contribution in [1.82, 2.24) is 14.8 Å². The molecule has 2 heterocycles. The molecule has 0 saturated heterocycles. The number of rotatable bonds is 1. The van der Waals surface area contributed by atoms with Gasteiger partial charge in [0, 0.05) is 27.6 Å². The van der Waals surface area contributed by atoms with E-state index in [4.69, 9.17) is 28.2 Å². The fourth-order valence-electron chi connectivity index (χ4n) is 2.98. The highest BCUT2D eigenvalue weighted by Crippen LogP contribution is 2.29. The minimum atomic E-state index is 0.0476. The summed E-state index contributed by atoms with van der Waals surface area (Å²) in [4.78, 5) is 4.92. The van der Waals surface area contributed by atoms with E-state index in [0.29, 0.717) is 16.5 Å². The summed E-state index contributed by atoms with van der Waals surface area (Å²) >= 11 is 12.7. The van der Waals surface area contributed by atoms with Crippen molar-refractivity contribution in [1.29, 1.82) is 0 Å². The molecule has 0 saturated carbocycles. The molecule has 2 aromatic carbocycles. The van der Waals surface area contributed by atoms with Crippen molar-refractivity contribution < 1.29 is 0 Å². The van der Waals surface area contributed by atoms with Gasteiger partial charge in [-0.05, 0) is 31.2 Å². The Hall–Kier alpha value is -2.17. The van der Waals surface area contributed by atoms with E-state index in [1.807, 2.05) is 47.0 Å². The van der Waals surface area contributed by atoms with E-state index in [9.17, 15) is 0 Å². The number of hydrogen-bond acceptors (Lipinski definition) is 3. The largest absolute Gasteiger partial charge is 0.285 e. The fourth-order valence-corrected chi connectivity index (χ4v) is 3.37. The first-order valence-corrected chi connectivity index (χ1v) is 8.41. The van der Waals surface area contributed by atoms with Crippen molar-refractivity contribution in [3.05, 3.63) is 75.8 Å². The summed E-state index contributed by atoms with van der Waals surface area (Å²) in [6, 6.07) is 13.5. The molecule has 3 aromatic rings. The SMILES string of the molecule is CC1Cc2nncn2-c2ccc(Cl)cc2/C(c2ccccc2Cl)=N\1. The monoisotopic (exact) mass is 356 g/mol. The molecule has 0 aliphatic carbocycles. The molecule has 1 atom stereocenters. The van der Waals surface area contributed by atoms with Crippen LogP contribution in [0.3, 0.4) is 0 Å². The molecular weight excluding hydrogens is 343 g/mol. The van der Waals surface area contributed by atoms with E-state index in [0.717, 1.165) is 28.4 Å². The first-order chi connectivity index (χ1) is 11.6. The predicted octanol–water partition coefficient (Wildman–Crippen LogP) is 4.36. The molecule has 0 spiro atoms. The minimum absolute atomic E-state index is 0.0476. The summed E-state index contributed by atoms with van der Waals surface area (Å²) in [5.41, 5.74) is 3.60. The maximum atomic E-state index is 6.44. The predicted molar refractivity (Wildman–Crippen MR) is 96.6 cm³/mol. The summed E-state index contributed by atoms with van der Waals surface area (Å²) in [5.74, 6) is 0.882. The maximum Gasteiger partial charge on any atom is 0.139 e. The number of fused-ring (bicyclic) bond motifs is 3. The van der Waals surface area contributed by atoms with E-state index in [2.05, 4.69) is 17.1 Å². The Kier molecular flexibility index (Phi) is 3.87. The van der Waals surface area contributed by atoms with Crippen LogP contribution in [0.1, 0.15) is 23.9 Å². The van der Waals surface area contributed by atoms with Gasteiger partial charge in [0.05, 0.1) is 17.4 Å².